The molecule has 1 N–H and O–H groups in total. The molecule has 6 nitrogen and oxygen atoms in total. The van der Waals surface area contributed by atoms with E-state index < -0.39 is 12.0 Å². The number of rotatable bonds is 4. The van der Waals surface area contributed by atoms with E-state index in [1.54, 1.807) is 0 Å². The molecule has 2 aromatic rings. The summed E-state index contributed by atoms with van der Waals surface area (Å²) >= 11 is 0. The molecule has 1 fully saturated rings. The second-order valence-electron chi connectivity index (χ2n) is 6.15. The summed E-state index contributed by atoms with van der Waals surface area (Å²) in [5.41, 5.74) is 1.47. The number of carboxylic acids is 1. The Labute approximate surface area is 134 Å². The predicted molar refractivity (Wildman–Crippen MR) is 83.9 cm³/mol. The Balaban J connectivity index is 1.65. The summed E-state index contributed by atoms with van der Waals surface area (Å²) in [6.07, 6.45) is 1.96. The molecule has 1 aromatic heterocycles. The monoisotopic (exact) mass is 316 g/mol. The van der Waals surface area contributed by atoms with Crippen LogP contribution in [0.5, 0.6) is 0 Å². The minimum atomic E-state index is -0.924. The average Bonchev–Trinajstić information content (AvgIpc) is 2.95. The van der Waals surface area contributed by atoms with Gasteiger partial charge in [0.15, 0.2) is 11.5 Å². The summed E-state index contributed by atoms with van der Waals surface area (Å²) in [5, 5.41) is 9.33. The fraction of sp³-hybridized carbons (Fsp3) is 0.471. The lowest BCUT2D eigenvalue weighted by Crippen LogP contribution is -2.49. The number of carboxylic acid groups (broad SMARTS) is 1. The maximum atomic E-state index is 12.4. The van der Waals surface area contributed by atoms with Gasteiger partial charge in [-0.05, 0) is 30.9 Å². The van der Waals surface area contributed by atoms with Gasteiger partial charge in [0.25, 0.3) is 0 Å². The molecule has 0 saturated carbocycles. The molecule has 0 radical (unpaired) electrons. The van der Waals surface area contributed by atoms with Crippen LogP contribution in [0.3, 0.4) is 0 Å². The number of benzene rings is 1. The van der Waals surface area contributed by atoms with Gasteiger partial charge in [0, 0.05) is 19.4 Å². The van der Waals surface area contributed by atoms with Gasteiger partial charge in [0.2, 0.25) is 5.91 Å². The van der Waals surface area contributed by atoms with Crippen LogP contribution in [0.1, 0.15) is 32.1 Å². The van der Waals surface area contributed by atoms with E-state index in [9.17, 15) is 14.7 Å². The summed E-state index contributed by atoms with van der Waals surface area (Å²) in [5.74, 6) is -0.229. The van der Waals surface area contributed by atoms with Gasteiger partial charge >= 0.3 is 5.97 Å². The van der Waals surface area contributed by atoms with Gasteiger partial charge in [-0.25, -0.2) is 9.78 Å². The number of aliphatic carboxylic acids is 1. The summed E-state index contributed by atoms with van der Waals surface area (Å²) in [6.45, 7) is 2.53. The third-order valence-corrected chi connectivity index (χ3v) is 4.36. The van der Waals surface area contributed by atoms with Crippen LogP contribution >= 0.6 is 0 Å². The number of aromatic nitrogens is 1. The van der Waals surface area contributed by atoms with E-state index in [1.807, 2.05) is 31.2 Å². The lowest BCUT2D eigenvalue weighted by molar-refractivity contribution is -0.153. The second kappa shape index (κ2) is 6.40. The summed E-state index contributed by atoms with van der Waals surface area (Å²) in [7, 11) is 0. The zero-order valence-electron chi connectivity index (χ0n) is 13.1. The number of hydrogen-bond donors (Lipinski definition) is 1. The Hall–Kier alpha value is -2.37. The highest BCUT2D eigenvalue weighted by Crippen LogP contribution is 2.24. The largest absolute Gasteiger partial charge is 0.480 e. The molecule has 2 atom stereocenters. The molecule has 0 bridgehead atoms. The molecule has 2 unspecified atom stereocenters. The zero-order valence-corrected chi connectivity index (χ0v) is 13.1. The number of para-hydroxylation sites is 2. The maximum absolute atomic E-state index is 12.4. The highest BCUT2D eigenvalue weighted by molar-refractivity contribution is 5.84. The Morgan fingerprint density at radius 1 is 1.39 bits per heavy atom. The molecular formula is C17H20N2O4. The fourth-order valence-electron chi connectivity index (χ4n) is 3.06. The van der Waals surface area contributed by atoms with Crippen LogP contribution in [0, 0.1) is 5.92 Å². The summed E-state index contributed by atoms with van der Waals surface area (Å²) < 4.78 is 5.60. The van der Waals surface area contributed by atoms with Crippen molar-refractivity contribution in [1.82, 2.24) is 9.88 Å². The number of hydrogen-bond acceptors (Lipinski definition) is 4. The van der Waals surface area contributed by atoms with Crippen LogP contribution < -0.4 is 0 Å². The van der Waals surface area contributed by atoms with Gasteiger partial charge in [-0.2, -0.15) is 0 Å². The first-order chi connectivity index (χ1) is 11.0. The lowest BCUT2D eigenvalue weighted by atomic mass is 9.92. The van der Waals surface area contributed by atoms with Gasteiger partial charge in [-0.15, -0.1) is 0 Å². The number of carbonyl (C=O) groups excluding carboxylic acids is 1. The first kappa shape index (κ1) is 15.5. The minimum Gasteiger partial charge on any atom is -0.480 e. The maximum Gasteiger partial charge on any atom is 0.326 e. The van der Waals surface area contributed by atoms with Crippen LogP contribution in [0.2, 0.25) is 0 Å². The topological polar surface area (TPSA) is 83.6 Å². The van der Waals surface area contributed by atoms with E-state index in [1.165, 1.54) is 4.90 Å². The number of fused-ring (bicyclic) bond motifs is 1. The first-order valence-corrected chi connectivity index (χ1v) is 7.91. The third-order valence-electron chi connectivity index (χ3n) is 4.36. The van der Waals surface area contributed by atoms with Crippen molar-refractivity contribution in [3.8, 4) is 0 Å². The third kappa shape index (κ3) is 3.36. The molecule has 2 heterocycles. The van der Waals surface area contributed by atoms with E-state index in [2.05, 4.69) is 4.98 Å². The van der Waals surface area contributed by atoms with Crippen molar-refractivity contribution < 1.29 is 19.1 Å². The van der Waals surface area contributed by atoms with Crippen molar-refractivity contribution in [1.29, 1.82) is 0 Å². The molecular weight excluding hydrogens is 296 g/mol. The number of carbonyl (C=O) groups is 2. The Morgan fingerprint density at radius 2 is 2.17 bits per heavy atom. The Kier molecular flexibility index (Phi) is 4.32. The van der Waals surface area contributed by atoms with Crippen LogP contribution in [-0.4, -0.2) is 39.5 Å². The summed E-state index contributed by atoms with van der Waals surface area (Å²) in [4.78, 5) is 29.6. The molecule has 1 aromatic carbocycles. The highest BCUT2D eigenvalue weighted by atomic mass is 16.4. The number of aryl methyl sites for hydroxylation is 1. The summed E-state index contributed by atoms with van der Waals surface area (Å²) in [6, 6.07) is 6.73. The van der Waals surface area contributed by atoms with E-state index >= 15 is 0 Å². The van der Waals surface area contributed by atoms with Crippen molar-refractivity contribution in [2.24, 2.45) is 5.92 Å². The van der Waals surface area contributed by atoms with Crippen LogP contribution in [0.25, 0.3) is 11.1 Å². The first-order valence-electron chi connectivity index (χ1n) is 7.91. The predicted octanol–water partition coefficient (Wildman–Crippen LogP) is 2.47. The molecule has 1 saturated heterocycles. The fourth-order valence-corrected chi connectivity index (χ4v) is 3.06. The van der Waals surface area contributed by atoms with Crippen molar-refractivity contribution in [2.45, 2.75) is 38.6 Å². The number of oxazole rings is 1. The second-order valence-corrected chi connectivity index (χ2v) is 6.15. The van der Waals surface area contributed by atoms with E-state index in [0.29, 0.717) is 36.8 Å². The molecule has 1 aliphatic heterocycles. The average molecular weight is 316 g/mol. The number of piperidine rings is 1. The number of likely N-dealkylation sites (tertiary alicyclic amines) is 1. The van der Waals surface area contributed by atoms with Crippen molar-refractivity contribution in [3.05, 3.63) is 30.2 Å². The molecule has 1 aliphatic rings. The van der Waals surface area contributed by atoms with Gasteiger partial charge < -0.3 is 14.4 Å². The van der Waals surface area contributed by atoms with E-state index in [4.69, 9.17) is 4.42 Å². The van der Waals surface area contributed by atoms with E-state index in [-0.39, 0.29) is 12.3 Å². The SMILES string of the molecule is CC1CCN(C(=O)CCc2nc3ccccc3o2)C(C(=O)O)C1. The number of nitrogens with zero attached hydrogens (tertiary/aromatic N) is 2. The zero-order chi connectivity index (χ0) is 16.4. The van der Waals surface area contributed by atoms with Gasteiger partial charge in [0.1, 0.15) is 11.6 Å². The normalized spacial score (nSPS) is 21.5. The Morgan fingerprint density at radius 3 is 2.91 bits per heavy atom. The molecule has 6 heteroatoms. The Bertz CT molecular complexity index is 691. The van der Waals surface area contributed by atoms with Crippen LogP contribution in [-0.2, 0) is 16.0 Å². The van der Waals surface area contributed by atoms with Crippen LogP contribution in [0.4, 0.5) is 0 Å². The molecule has 23 heavy (non-hydrogen) atoms. The molecule has 0 spiro atoms. The molecule has 3 rings (SSSR count). The van der Waals surface area contributed by atoms with Crippen molar-refractivity contribution >= 4 is 23.0 Å². The number of amides is 1. The minimum absolute atomic E-state index is 0.147. The lowest BCUT2D eigenvalue weighted by Gasteiger charge is -2.36. The van der Waals surface area contributed by atoms with Gasteiger partial charge in [0.05, 0.1) is 0 Å². The van der Waals surface area contributed by atoms with Gasteiger partial charge in [-0.3, -0.25) is 4.79 Å². The molecule has 122 valence electrons. The standard InChI is InChI=1S/C17H20N2O4/c1-11-8-9-19(13(10-11)17(21)22)16(20)7-6-15-18-12-4-2-3-5-14(12)23-15/h2-5,11,13H,6-10H2,1H3,(H,21,22). The van der Waals surface area contributed by atoms with Gasteiger partial charge in [-0.1, -0.05) is 19.1 Å². The van der Waals surface area contributed by atoms with E-state index in [0.717, 1.165) is 11.9 Å². The smallest absolute Gasteiger partial charge is 0.326 e. The van der Waals surface area contributed by atoms with Crippen LogP contribution in [0.15, 0.2) is 28.7 Å². The quantitative estimate of drug-likeness (QED) is 0.937. The molecule has 1 amide bonds. The van der Waals surface area contributed by atoms with Crippen molar-refractivity contribution in [3.63, 3.8) is 0 Å². The molecule has 0 aliphatic carbocycles. The highest BCUT2D eigenvalue weighted by Gasteiger charge is 2.34. The van der Waals surface area contributed by atoms with Crippen molar-refractivity contribution in [2.75, 3.05) is 6.54 Å².